The van der Waals surface area contributed by atoms with Gasteiger partial charge in [0.15, 0.2) is 0 Å². The Bertz CT molecular complexity index is 915. The van der Waals surface area contributed by atoms with Crippen molar-refractivity contribution in [2.24, 2.45) is 5.92 Å². The minimum atomic E-state index is -0.250. The molecule has 3 nitrogen and oxygen atoms in total. The van der Waals surface area contributed by atoms with E-state index in [1.165, 1.54) is 53.9 Å². The number of hydrogen-bond acceptors (Lipinski definition) is 1. The second-order valence-electron chi connectivity index (χ2n) is 7.51. The fourth-order valence-electron chi connectivity index (χ4n) is 4.19. The van der Waals surface area contributed by atoms with Gasteiger partial charge in [-0.3, -0.25) is 4.79 Å². The van der Waals surface area contributed by atoms with E-state index in [9.17, 15) is 0 Å². The zero-order valence-electron chi connectivity index (χ0n) is 16.8. The molecule has 0 fully saturated rings. The van der Waals surface area contributed by atoms with Crippen molar-refractivity contribution < 1.29 is 9.90 Å². The number of carboxylic acid groups (broad SMARTS) is 1. The van der Waals surface area contributed by atoms with Crippen molar-refractivity contribution in [1.29, 1.82) is 0 Å². The fraction of sp³-hybridized carbons (Fsp3) is 0.320. The van der Waals surface area contributed by atoms with Gasteiger partial charge < -0.3 is 9.67 Å². The maximum atomic E-state index is 8.36. The first-order valence-corrected chi connectivity index (χ1v) is 10.1. The monoisotopic (exact) mass is 375 g/mol. The summed E-state index contributed by atoms with van der Waals surface area (Å²) in [6.45, 7) is 4.27. The van der Waals surface area contributed by atoms with Crippen LogP contribution in [0.15, 0.2) is 60.7 Å². The molecule has 2 aliphatic carbocycles. The molecule has 1 aromatic heterocycles. The van der Waals surface area contributed by atoms with Crippen LogP contribution in [0.1, 0.15) is 48.7 Å². The summed E-state index contributed by atoms with van der Waals surface area (Å²) in [6, 6.07) is 11.4. The molecule has 146 valence electrons. The topological polar surface area (TPSA) is 42.2 Å². The lowest BCUT2D eigenvalue weighted by atomic mass is 9.86. The average Bonchev–Trinajstić information content (AvgIpc) is 2.87. The third-order valence-electron chi connectivity index (χ3n) is 5.66. The van der Waals surface area contributed by atoms with Crippen molar-refractivity contribution in [3.63, 3.8) is 0 Å². The Kier molecular flexibility index (Phi) is 6.70. The summed E-state index contributed by atoms with van der Waals surface area (Å²) in [4.78, 5) is 8.36. The minimum Gasteiger partial charge on any atom is -0.483 e. The van der Waals surface area contributed by atoms with E-state index in [4.69, 9.17) is 9.90 Å². The lowest BCUT2D eigenvalue weighted by molar-refractivity contribution is -0.122. The number of aromatic nitrogens is 1. The first-order chi connectivity index (χ1) is 13.7. The summed E-state index contributed by atoms with van der Waals surface area (Å²) in [5.41, 5.74) is 8.52. The standard InChI is InChI=1S/C24H27N.CH2O2/c1-3-19-13-14-21-17-24(20-10-6-4-5-7-11-20)25(23(21)16-19)22-12-8-9-18(2)15-22;2-1-3/h4-10,12,15,17,19H,3,11,13-14,16H2,1-2H3;1H,(H,2,3). The van der Waals surface area contributed by atoms with Gasteiger partial charge in [-0.05, 0) is 73.4 Å². The highest BCUT2D eigenvalue weighted by Crippen LogP contribution is 2.36. The van der Waals surface area contributed by atoms with Crippen LogP contribution in [0.5, 0.6) is 0 Å². The second kappa shape index (κ2) is 9.41. The Morgan fingerprint density at radius 3 is 2.79 bits per heavy atom. The van der Waals surface area contributed by atoms with Gasteiger partial charge >= 0.3 is 0 Å². The molecule has 1 unspecified atom stereocenters. The SMILES string of the molecule is CCC1CCc2cc(C3=CC=CC=CC3)n(-c3cccc(C)c3)c2C1.O=CO. The van der Waals surface area contributed by atoms with Crippen LogP contribution in [0.2, 0.25) is 0 Å². The Balaban J connectivity index is 0.000000706. The van der Waals surface area contributed by atoms with Gasteiger partial charge in [-0.1, -0.05) is 55.9 Å². The van der Waals surface area contributed by atoms with Crippen molar-refractivity contribution in [3.05, 3.63) is 83.2 Å². The van der Waals surface area contributed by atoms with Crippen molar-refractivity contribution in [3.8, 4) is 5.69 Å². The Labute approximate surface area is 167 Å². The van der Waals surface area contributed by atoms with E-state index >= 15 is 0 Å². The van der Waals surface area contributed by atoms with E-state index in [-0.39, 0.29) is 6.47 Å². The molecule has 0 aliphatic heterocycles. The van der Waals surface area contributed by atoms with Gasteiger partial charge in [0, 0.05) is 17.1 Å². The molecular formula is C25H29NO2. The van der Waals surface area contributed by atoms with E-state index in [1.807, 2.05) is 0 Å². The Morgan fingerprint density at radius 2 is 2.04 bits per heavy atom. The molecule has 0 bridgehead atoms. The summed E-state index contributed by atoms with van der Waals surface area (Å²) in [5, 5.41) is 6.89. The molecule has 1 atom stereocenters. The van der Waals surface area contributed by atoms with Crippen molar-refractivity contribution in [2.45, 2.75) is 46.0 Å². The summed E-state index contributed by atoms with van der Waals surface area (Å²) in [6.07, 6.45) is 17.0. The largest absolute Gasteiger partial charge is 0.483 e. The maximum Gasteiger partial charge on any atom is 0.290 e. The Hall–Kier alpha value is -2.81. The van der Waals surface area contributed by atoms with Crippen molar-refractivity contribution in [1.82, 2.24) is 4.57 Å². The fourth-order valence-corrected chi connectivity index (χ4v) is 4.19. The number of allylic oxidation sites excluding steroid dienone is 6. The van der Waals surface area contributed by atoms with Crippen LogP contribution in [-0.4, -0.2) is 16.1 Å². The van der Waals surface area contributed by atoms with Crippen LogP contribution < -0.4 is 0 Å². The number of fused-ring (bicyclic) bond motifs is 1. The van der Waals surface area contributed by atoms with Crippen LogP contribution in [0, 0.1) is 12.8 Å². The number of rotatable bonds is 3. The van der Waals surface area contributed by atoms with Gasteiger partial charge in [-0.25, -0.2) is 0 Å². The van der Waals surface area contributed by atoms with Crippen molar-refractivity contribution >= 4 is 12.0 Å². The zero-order valence-corrected chi connectivity index (χ0v) is 16.8. The van der Waals surface area contributed by atoms with Crippen LogP contribution in [0.3, 0.4) is 0 Å². The molecule has 0 saturated heterocycles. The van der Waals surface area contributed by atoms with E-state index < -0.39 is 0 Å². The first kappa shape index (κ1) is 19.9. The smallest absolute Gasteiger partial charge is 0.290 e. The molecule has 1 N–H and O–H groups in total. The van der Waals surface area contributed by atoms with Gasteiger partial charge in [0.05, 0.1) is 0 Å². The molecule has 2 aromatic rings. The van der Waals surface area contributed by atoms with Crippen LogP contribution in [0.25, 0.3) is 11.3 Å². The summed E-state index contributed by atoms with van der Waals surface area (Å²) in [7, 11) is 0. The third-order valence-corrected chi connectivity index (χ3v) is 5.66. The van der Waals surface area contributed by atoms with Gasteiger partial charge in [-0.2, -0.15) is 0 Å². The maximum absolute atomic E-state index is 8.36. The number of benzene rings is 1. The third kappa shape index (κ3) is 4.36. The highest BCUT2D eigenvalue weighted by molar-refractivity contribution is 5.70. The van der Waals surface area contributed by atoms with Gasteiger partial charge in [-0.15, -0.1) is 0 Å². The first-order valence-electron chi connectivity index (χ1n) is 10.1. The van der Waals surface area contributed by atoms with Gasteiger partial charge in [0.1, 0.15) is 0 Å². The molecule has 1 aromatic carbocycles. The highest BCUT2D eigenvalue weighted by Gasteiger charge is 2.25. The van der Waals surface area contributed by atoms with E-state index in [1.54, 1.807) is 5.56 Å². The number of carbonyl (C=O) groups is 1. The molecule has 0 saturated carbocycles. The van der Waals surface area contributed by atoms with Crippen LogP contribution in [0.4, 0.5) is 0 Å². The quantitative estimate of drug-likeness (QED) is 0.679. The van der Waals surface area contributed by atoms with Crippen LogP contribution >= 0.6 is 0 Å². The molecule has 0 radical (unpaired) electrons. The molecule has 2 aliphatic rings. The minimum absolute atomic E-state index is 0.250. The highest BCUT2D eigenvalue weighted by atomic mass is 16.3. The van der Waals surface area contributed by atoms with E-state index in [0.717, 1.165) is 12.3 Å². The number of aryl methyl sites for hydroxylation is 2. The Morgan fingerprint density at radius 1 is 1.21 bits per heavy atom. The number of hydrogen-bond donors (Lipinski definition) is 1. The molecule has 3 heteroatoms. The predicted molar refractivity (Wildman–Crippen MR) is 116 cm³/mol. The number of nitrogens with zero attached hydrogens (tertiary/aromatic N) is 1. The van der Waals surface area contributed by atoms with Gasteiger partial charge in [0.25, 0.3) is 6.47 Å². The van der Waals surface area contributed by atoms with Gasteiger partial charge in [0.2, 0.25) is 0 Å². The molecule has 1 heterocycles. The summed E-state index contributed by atoms with van der Waals surface area (Å²) in [5.74, 6) is 0.821. The predicted octanol–water partition coefficient (Wildman–Crippen LogP) is 5.90. The van der Waals surface area contributed by atoms with E-state index in [0.29, 0.717) is 0 Å². The second-order valence-corrected chi connectivity index (χ2v) is 7.51. The lowest BCUT2D eigenvalue weighted by Crippen LogP contribution is -2.16. The van der Waals surface area contributed by atoms with Crippen molar-refractivity contribution in [2.75, 3.05) is 0 Å². The average molecular weight is 376 g/mol. The van der Waals surface area contributed by atoms with Crippen LogP contribution in [-0.2, 0) is 17.6 Å². The lowest BCUT2D eigenvalue weighted by Gasteiger charge is -2.24. The molecular weight excluding hydrogens is 346 g/mol. The molecule has 0 spiro atoms. The molecule has 4 rings (SSSR count). The summed E-state index contributed by atoms with van der Waals surface area (Å²) >= 11 is 0. The van der Waals surface area contributed by atoms with E-state index in [2.05, 4.69) is 79.1 Å². The summed E-state index contributed by atoms with van der Waals surface area (Å²) < 4.78 is 2.54. The molecule has 0 amide bonds. The zero-order chi connectivity index (χ0) is 19.9. The normalized spacial score (nSPS) is 17.8. The molecule has 28 heavy (non-hydrogen) atoms.